The number of fused-ring (bicyclic) bond motifs is 1. The van der Waals surface area contributed by atoms with E-state index in [0.717, 1.165) is 10.2 Å². The maximum absolute atomic E-state index is 12.0. The highest BCUT2D eigenvalue weighted by Gasteiger charge is 2.08. The van der Waals surface area contributed by atoms with E-state index in [1.165, 1.54) is 11.3 Å². The minimum Gasteiger partial charge on any atom is -0.318 e. The summed E-state index contributed by atoms with van der Waals surface area (Å²) in [4.78, 5) is 24.6. The Hall–Kier alpha value is -2.73. The largest absolute Gasteiger partial charge is 0.318 e. The molecule has 1 heterocycles. The summed E-state index contributed by atoms with van der Waals surface area (Å²) in [6.45, 7) is 0. The standard InChI is InChI=1S/C18H17N3O2S/c1-21-14-9-5-6-10-16(14)24-18(21)20-19-17(23)12-11-15(22)13-7-3-2-4-8-13/h2-10H,11-12H2,1H3,(H,19,23)/b20-18-. The lowest BCUT2D eigenvalue weighted by Gasteiger charge is -2.00. The van der Waals surface area contributed by atoms with E-state index >= 15 is 0 Å². The molecule has 2 aromatic carbocycles. The Morgan fingerprint density at radius 3 is 2.50 bits per heavy atom. The number of nitrogens with zero attached hydrogens (tertiary/aromatic N) is 2. The molecule has 6 heteroatoms. The first-order valence-electron chi connectivity index (χ1n) is 7.60. The molecule has 0 fully saturated rings. The van der Waals surface area contributed by atoms with Crippen molar-refractivity contribution in [1.29, 1.82) is 0 Å². The number of amides is 1. The molecule has 0 radical (unpaired) electrons. The first-order chi connectivity index (χ1) is 11.6. The van der Waals surface area contributed by atoms with Crippen LogP contribution in [0.15, 0.2) is 59.7 Å². The van der Waals surface area contributed by atoms with Crippen LogP contribution < -0.4 is 10.2 Å². The molecule has 0 atom stereocenters. The van der Waals surface area contributed by atoms with Crippen LogP contribution >= 0.6 is 11.3 Å². The summed E-state index contributed by atoms with van der Waals surface area (Å²) in [5.41, 5.74) is 4.22. The average Bonchev–Trinajstić information content (AvgIpc) is 2.95. The van der Waals surface area contributed by atoms with Crippen LogP contribution in [0.25, 0.3) is 10.2 Å². The molecular formula is C18H17N3O2S. The van der Waals surface area contributed by atoms with E-state index in [4.69, 9.17) is 0 Å². The number of thiazole rings is 1. The zero-order valence-corrected chi connectivity index (χ0v) is 14.0. The van der Waals surface area contributed by atoms with Crippen molar-refractivity contribution in [3.05, 3.63) is 65.0 Å². The highest BCUT2D eigenvalue weighted by molar-refractivity contribution is 7.16. The third kappa shape index (κ3) is 3.60. The van der Waals surface area contributed by atoms with Crippen LogP contribution in [0.2, 0.25) is 0 Å². The van der Waals surface area contributed by atoms with Gasteiger partial charge < -0.3 is 4.57 Å². The molecule has 3 aromatic rings. The Morgan fingerprint density at radius 1 is 1.04 bits per heavy atom. The number of rotatable bonds is 5. The number of para-hydroxylation sites is 1. The monoisotopic (exact) mass is 339 g/mol. The number of hydrogen-bond donors (Lipinski definition) is 1. The van der Waals surface area contributed by atoms with Crippen molar-refractivity contribution in [2.24, 2.45) is 12.1 Å². The molecule has 1 amide bonds. The molecular weight excluding hydrogens is 322 g/mol. The van der Waals surface area contributed by atoms with E-state index in [1.54, 1.807) is 12.1 Å². The molecule has 3 rings (SSSR count). The van der Waals surface area contributed by atoms with E-state index in [0.29, 0.717) is 10.4 Å². The minimum absolute atomic E-state index is 0.0434. The maximum Gasteiger partial charge on any atom is 0.240 e. The molecule has 122 valence electrons. The average molecular weight is 339 g/mol. The highest BCUT2D eigenvalue weighted by atomic mass is 32.1. The van der Waals surface area contributed by atoms with Crippen molar-refractivity contribution in [3.8, 4) is 0 Å². The fraction of sp³-hybridized carbons (Fsp3) is 0.167. The zero-order valence-electron chi connectivity index (χ0n) is 13.2. The van der Waals surface area contributed by atoms with Gasteiger partial charge in [-0.25, -0.2) is 5.43 Å². The maximum atomic E-state index is 12.0. The normalized spacial score (nSPS) is 11.6. The number of aryl methyl sites for hydroxylation is 1. The lowest BCUT2D eigenvalue weighted by Crippen LogP contribution is -2.23. The quantitative estimate of drug-likeness (QED) is 0.574. The number of carbonyl (C=O) groups excluding carboxylic acids is 2. The molecule has 0 saturated carbocycles. The summed E-state index contributed by atoms with van der Waals surface area (Å²) in [6.07, 6.45) is 0.287. The van der Waals surface area contributed by atoms with E-state index in [2.05, 4.69) is 10.5 Å². The molecule has 0 bridgehead atoms. The Labute approximate surface area is 143 Å². The number of ketones is 1. The van der Waals surface area contributed by atoms with Crippen molar-refractivity contribution < 1.29 is 9.59 Å². The molecule has 1 N–H and O–H groups in total. The van der Waals surface area contributed by atoms with Gasteiger partial charge in [0.05, 0.1) is 10.2 Å². The molecule has 0 spiro atoms. The second-order valence-corrected chi connectivity index (χ2v) is 6.36. The van der Waals surface area contributed by atoms with Gasteiger partial charge in [-0.05, 0) is 12.1 Å². The smallest absolute Gasteiger partial charge is 0.240 e. The number of carbonyl (C=O) groups is 2. The Kier molecular flexibility index (Phi) is 4.86. The fourth-order valence-corrected chi connectivity index (χ4v) is 3.33. The predicted molar refractivity (Wildman–Crippen MR) is 94.5 cm³/mol. The van der Waals surface area contributed by atoms with Crippen LogP contribution in [0, 0.1) is 0 Å². The minimum atomic E-state index is -0.267. The molecule has 1 aromatic heterocycles. The molecule has 0 aliphatic carbocycles. The van der Waals surface area contributed by atoms with Gasteiger partial charge in [0.2, 0.25) is 10.7 Å². The SMILES string of the molecule is Cn1/c(=N/NC(=O)CCC(=O)c2ccccc2)sc2ccccc21. The van der Waals surface area contributed by atoms with Gasteiger partial charge in [0.25, 0.3) is 0 Å². The summed E-state index contributed by atoms with van der Waals surface area (Å²) in [7, 11) is 1.91. The zero-order chi connectivity index (χ0) is 16.9. The second-order valence-electron chi connectivity index (χ2n) is 5.35. The third-order valence-corrected chi connectivity index (χ3v) is 4.78. The van der Waals surface area contributed by atoms with Crippen LogP contribution in [-0.4, -0.2) is 16.3 Å². The summed E-state index contributed by atoms with van der Waals surface area (Å²) < 4.78 is 3.03. The molecule has 5 nitrogen and oxygen atoms in total. The van der Waals surface area contributed by atoms with Crippen molar-refractivity contribution in [1.82, 2.24) is 9.99 Å². The van der Waals surface area contributed by atoms with E-state index < -0.39 is 0 Å². The summed E-state index contributed by atoms with van der Waals surface area (Å²) in [5, 5.41) is 4.16. The van der Waals surface area contributed by atoms with E-state index in [-0.39, 0.29) is 24.5 Å². The van der Waals surface area contributed by atoms with Crippen LogP contribution in [0.5, 0.6) is 0 Å². The number of benzene rings is 2. The molecule has 0 aliphatic rings. The highest BCUT2D eigenvalue weighted by Crippen LogP contribution is 2.14. The van der Waals surface area contributed by atoms with Gasteiger partial charge in [-0.2, -0.15) is 0 Å². The van der Waals surface area contributed by atoms with Gasteiger partial charge in [-0.3, -0.25) is 9.59 Å². The first kappa shape index (κ1) is 16.1. The molecule has 0 aliphatic heterocycles. The molecule has 24 heavy (non-hydrogen) atoms. The van der Waals surface area contributed by atoms with Crippen LogP contribution in [0.3, 0.4) is 0 Å². The number of nitrogens with one attached hydrogen (secondary N) is 1. The first-order valence-corrected chi connectivity index (χ1v) is 8.42. The third-order valence-electron chi connectivity index (χ3n) is 3.67. The van der Waals surface area contributed by atoms with Gasteiger partial charge in [-0.1, -0.05) is 53.8 Å². The Balaban J connectivity index is 1.62. The van der Waals surface area contributed by atoms with Gasteiger partial charge in [0.15, 0.2) is 5.78 Å². The lowest BCUT2D eigenvalue weighted by molar-refractivity contribution is -0.121. The fourth-order valence-electron chi connectivity index (χ4n) is 2.35. The van der Waals surface area contributed by atoms with Crippen molar-refractivity contribution in [2.45, 2.75) is 12.8 Å². The van der Waals surface area contributed by atoms with Gasteiger partial charge in [0.1, 0.15) is 0 Å². The number of aromatic nitrogens is 1. The predicted octanol–water partition coefficient (Wildman–Crippen LogP) is 2.83. The Bertz CT molecular complexity index is 942. The second kappa shape index (κ2) is 7.23. The van der Waals surface area contributed by atoms with Crippen LogP contribution in [-0.2, 0) is 11.8 Å². The van der Waals surface area contributed by atoms with E-state index in [9.17, 15) is 9.59 Å². The molecule has 0 saturated heterocycles. The van der Waals surface area contributed by atoms with Crippen LogP contribution in [0.4, 0.5) is 0 Å². The van der Waals surface area contributed by atoms with Gasteiger partial charge >= 0.3 is 0 Å². The van der Waals surface area contributed by atoms with E-state index in [1.807, 2.05) is 54.1 Å². The van der Waals surface area contributed by atoms with Gasteiger partial charge in [0, 0.05) is 25.5 Å². The van der Waals surface area contributed by atoms with Crippen molar-refractivity contribution in [3.63, 3.8) is 0 Å². The van der Waals surface area contributed by atoms with Gasteiger partial charge in [-0.15, -0.1) is 5.10 Å². The molecule has 0 unspecified atom stereocenters. The Morgan fingerprint density at radius 2 is 1.75 bits per heavy atom. The summed E-state index contributed by atoms with van der Waals surface area (Å²) >= 11 is 1.50. The van der Waals surface area contributed by atoms with Crippen LogP contribution in [0.1, 0.15) is 23.2 Å². The number of hydrogen-bond acceptors (Lipinski definition) is 4. The topological polar surface area (TPSA) is 63.5 Å². The van der Waals surface area contributed by atoms with Crippen molar-refractivity contribution >= 4 is 33.2 Å². The number of Topliss-reactive ketones (excluding diaryl/α,β-unsaturated/α-hetero) is 1. The summed E-state index contributed by atoms with van der Waals surface area (Å²) in [5.74, 6) is -0.310. The van der Waals surface area contributed by atoms with Crippen molar-refractivity contribution in [2.75, 3.05) is 0 Å². The summed E-state index contributed by atoms with van der Waals surface area (Å²) in [6, 6.07) is 16.9. The lowest BCUT2D eigenvalue weighted by atomic mass is 10.1.